The highest BCUT2D eigenvalue weighted by molar-refractivity contribution is 5.98. The van der Waals surface area contributed by atoms with Crippen LogP contribution in [0.3, 0.4) is 0 Å². The Morgan fingerprint density at radius 3 is 2.79 bits per heavy atom. The molecule has 0 aliphatic carbocycles. The standard InChI is InChI=1S/C12H16O2/c1-4-9(3)8-11(13)10-6-7-14-12(10)5-2/h6-7H,3-5,8H2,1-2H3. The second kappa shape index (κ2) is 4.80. The fourth-order valence-corrected chi connectivity index (χ4v) is 1.31. The van der Waals surface area contributed by atoms with Gasteiger partial charge in [0.25, 0.3) is 0 Å². The van der Waals surface area contributed by atoms with Gasteiger partial charge in [0.05, 0.1) is 11.8 Å². The summed E-state index contributed by atoms with van der Waals surface area (Å²) in [5.74, 6) is 0.890. The lowest BCUT2D eigenvalue weighted by Gasteiger charge is -2.01. The zero-order chi connectivity index (χ0) is 10.6. The van der Waals surface area contributed by atoms with Gasteiger partial charge in [0.1, 0.15) is 5.76 Å². The van der Waals surface area contributed by atoms with Crippen LogP contribution in [0.1, 0.15) is 42.8 Å². The topological polar surface area (TPSA) is 30.2 Å². The van der Waals surface area contributed by atoms with Crippen molar-refractivity contribution in [2.24, 2.45) is 0 Å². The summed E-state index contributed by atoms with van der Waals surface area (Å²) in [5, 5.41) is 0. The number of carbonyl (C=O) groups excluding carboxylic acids is 1. The van der Waals surface area contributed by atoms with Crippen LogP contribution in [0.4, 0.5) is 0 Å². The van der Waals surface area contributed by atoms with Crippen molar-refractivity contribution in [3.63, 3.8) is 0 Å². The van der Waals surface area contributed by atoms with E-state index in [1.807, 2.05) is 13.8 Å². The van der Waals surface area contributed by atoms with E-state index in [2.05, 4.69) is 6.58 Å². The molecule has 0 unspecified atom stereocenters. The summed E-state index contributed by atoms with van der Waals surface area (Å²) in [6, 6.07) is 1.74. The molecule has 0 radical (unpaired) electrons. The maximum atomic E-state index is 11.7. The predicted molar refractivity (Wildman–Crippen MR) is 56.5 cm³/mol. The number of rotatable bonds is 5. The Bertz CT molecular complexity index is 334. The number of aryl methyl sites for hydroxylation is 1. The first kappa shape index (κ1) is 10.8. The Morgan fingerprint density at radius 2 is 2.21 bits per heavy atom. The number of hydrogen-bond acceptors (Lipinski definition) is 2. The van der Waals surface area contributed by atoms with Gasteiger partial charge in [-0.1, -0.05) is 26.0 Å². The number of allylic oxidation sites excluding steroid dienone is 1. The van der Waals surface area contributed by atoms with Gasteiger partial charge in [-0.15, -0.1) is 0 Å². The minimum atomic E-state index is 0.113. The molecule has 0 aliphatic rings. The van der Waals surface area contributed by atoms with Crippen LogP contribution in [0.5, 0.6) is 0 Å². The number of hydrogen-bond donors (Lipinski definition) is 0. The Morgan fingerprint density at radius 1 is 1.50 bits per heavy atom. The fourth-order valence-electron chi connectivity index (χ4n) is 1.31. The Balaban J connectivity index is 2.74. The van der Waals surface area contributed by atoms with Crippen LogP contribution in [-0.2, 0) is 6.42 Å². The molecule has 0 saturated carbocycles. The van der Waals surface area contributed by atoms with Crippen LogP contribution < -0.4 is 0 Å². The second-order valence-electron chi connectivity index (χ2n) is 3.31. The van der Waals surface area contributed by atoms with Gasteiger partial charge in [-0.25, -0.2) is 0 Å². The van der Waals surface area contributed by atoms with Crippen molar-refractivity contribution in [1.29, 1.82) is 0 Å². The first-order chi connectivity index (χ1) is 6.69. The van der Waals surface area contributed by atoms with Crippen LogP contribution in [0.15, 0.2) is 28.9 Å². The van der Waals surface area contributed by atoms with Gasteiger partial charge in [-0.05, 0) is 12.5 Å². The SMILES string of the molecule is C=C(CC)CC(=O)c1ccoc1CC. The lowest BCUT2D eigenvalue weighted by molar-refractivity contribution is 0.0990. The molecule has 0 spiro atoms. The molecule has 1 heterocycles. The van der Waals surface area contributed by atoms with Crippen molar-refractivity contribution in [2.75, 3.05) is 0 Å². The normalized spacial score (nSPS) is 10.1. The first-order valence-corrected chi connectivity index (χ1v) is 4.95. The molecule has 2 heteroatoms. The van der Waals surface area contributed by atoms with Crippen molar-refractivity contribution in [3.05, 3.63) is 35.8 Å². The lowest BCUT2D eigenvalue weighted by atomic mass is 10.0. The van der Waals surface area contributed by atoms with Crippen molar-refractivity contribution < 1.29 is 9.21 Å². The molecule has 1 aromatic rings. The number of Topliss-reactive ketones (excluding diaryl/α,β-unsaturated/α-hetero) is 1. The number of furan rings is 1. The highest BCUT2D eigenvalue weighted by Crippen LogP contribution is 2.16. The predicted octanol–water partition coefficient (Wildman–Crippen LogP) is 3.38. The van der Waals surface area contributed by atoms with E-state index >= 15 is 0 Å². The summed E-state index contributed by atoms with van der Waals surface area (Å²) < 4.78 is 5.20. The van der Waals surface area contributed by atoms with Crippen LogP contribution in [-0.4, -0.2) is 5.78 Å². The third-order valence-corrected chi connectivity index (χ3v) is 2.28. The van der Waals surface area contributed by atoms with Crippen molar-refractivity contribution >= 4 is 5.78 Å². The average molecular weight is 192 g/mol. The van der Waals surface area contributed by atoms with Crippen molar-refractivity contribution in [3.8, 4) is 0 Å². The third kappa shape index (κ3) is 2.34. The third-order valence-electron chi connectivity index (χ3n) is 2.28. The van der Waals surface area contributed by atoms with Crippen molar-refractivity contribution in [1.82, 2.24) is 0 Å². The molecule has 0 aliphatic heterocycles. The molecule has 0 bridgehead atoms. The monoisotopic (exact) mass is 192 g/mol. The van der Waals surface area contributed by atoms with E-state index in [0.29, 0.717) is 12.0 Å². The van der Waals surface area contributed by atoms with Gasteiger partial charge in [-0.3, -0.25) is 4.79 Å². The van der Waals surface area contributed by atoms with E-state index in [4.69, 9.17) is 4.42 Å². The van der Waals surface area contributed by atoms with Crippen molar-refractivity contribution in [2.45, 2.75) is 33.1 Å². The van der Waals surface area contributed by atoms with E-state index in [0.717, 1.165) is 24.2 Å². The molecule has 0 atom stereocenters. The summed E-state index contributed by atoms with van der Waals surface area (Å²) >= 11 is 0. The number of ketones is 1. The smallest absolute Gasteiger partial charge is 0.170 e. The molecule has 1 rings (SSSR count). The molecule has 0 amide bonds. The van der Waals surface area contributed by atoms with Crippen LogP contribution in [0, 0.1) is 0 Å². The van der Waals surface area contributed by atoms with E-state index < -0.39 is 0 Å². The van der Waals surface area contributed by atoms with Gasteiger partial charge in [0.15, 0.2) is 5.78 Å². The van der Waals surface area contributed by atoms with E-state index in [9.17, 15) is 4.79 Å². The minimum Gasteiger partial charge on any atom is -0.469 e. The van der Waals surface area contributed by atoms with Crippen LogP contribution in [0.2, 0.25) is 0 Å². The molecule has 14 heavy (non-hydrogen) atoms. The average Bonchev–Trinajstić information content (AvgIpc) is 2.65. The van der Waals surface area contributed by atoms with Gasteiger partial charge in [-0.2, -0.15) is 0 Å². The van der Waals surface area contributed by atoms with Gasteiger partial charge >= 0.3 is 0 Å². The maximum absolute atomic E-state index is 11.7. The molecule has 0 saturated heterocycles. The summed E-state index contributed by atoms with van der Waals surface area (Å²) in [4.78, 5) is 11.7. The Kier molecular flexibility index (Phi) is 3.69. The maximum Gasteiger partial charge on any atom is 0.170 e. The molecule has 1 aromatic heterocycles. The zero-order valence-electron chi connectivity index (χ0n) is 8.80. The van der Waals surface area contributed by atoms with E-state index in [1.165, 1.54) is 0 Å². The molecular formula is C12H16O2. The summed E-state index contributed by atoms with van der Waals surface area (Å²) in [6.45, 7) is 7.81. The first-order valence-electron chi connectivity index (χ1n) is 4.95. The second-order valence-corrected chi connectivity index (χ2v) is 3.31. The lowest BCUT2D eigenvalue weighted by Crippen LogP contribution is -2.01. The quantitative estimate of drug-likeness (QED) is 0.528. The summed E-state index contributed by atoms with van der Waals surface area (Å²) in [6.07, 6.45) is 3.61. The Labute approximate surface area is 84.6 Å². The highest BCUT2D eigenvalue weighted by atomic mass is 16.3. The Hall–Kier alpha value is -1.31. The molecule has 2 nitrogen and oxygen atoms in total. The molecular weight excluding hydrogens is 176 g/mol. The van der Waals surface area contributed by atoms with Gasteiger partial charge in [0.2, 0.25) is 0 Å². The summed E-state index contributed by atoms with van der Waals surface area (Å²) in [7, 11) is 0. The molecule has 76 valence electrons. The van der Waals surface area contributed by atoms with Gasteiger partial charge < -0.3 is 4.42 Å². The van der Waals surface area contributed by atoms with E-state index in [1.54, 1.807) is 12.3 Å². The largest absolute Gasteiger partial charge is 0.469 e. The minimum absolute atomic E-state index is 0.113. The van der Waals surface area contributed by atoms with Crippen LogP contribution >= 0.6 is 0 Å². The van der Waals surface area contributed by atoms with Crippen LogP contribution in [0.25, 0.3) is 0 Å². The fraction of sp³-hybridized carbons (Fsp3) is 0.417. The van der Waals surface area contributed by atoms with E-state index in [-0.39, 0.29) is 5.78 Å². The molecule has 0 N–H and O–H groups in total. The zero-order valence-corrected chi connectivity index (χ0v) is 8.80. The highest BCUT2D eigenvalue weighted by Gasteiger charge is 2.13. The molecule has 0 fully saturated rings. The number of carbonyl (C=O) groups is 1. The summed E-state index contributed by atoms with van der Waals surface area (Å²) in [5.41, 5.74) is 1.68. The van der Waals surface area contributed by atoms with Gasteiger partial charge in [0, 0.05) is 12.8 Å². The molecule has 0 aromatic carbocycles.